The molecule has 0 aromatic heterocycles. The van der Waals surface area contributed by atoms with Crippen molar-refractivity contribution in [3.05, 3.63) is 75.5 Å². The molecule has 0 aliphatic carbocycles. The van der Waals surface area contributed by atoms with E-state index in [-0.39, 0.29) is 12.0 Å². The quantitative estimate of drug-likeness (QED) is 0.752. The summed E-state index contributed by atoms with van der Waals surface area (Å²) >= 11 is 5.87. The van der Waals surface area contributed by atoms with Crippen LogP contribution in [0.4, 0.5) is 8.78 Å². The molecule has 2 rings (SSSR count). The Morgan fingerprint density at radius 1 is 1.24 bits per heavy atom. The van der Waals surface area contributed by atoms with Crippen LogP contribution in [0, 0.1) is 16.8 Å². The molecule has 134 valence electrons. The fourth-order valence-electron chi connectivity index (χ4n) is 2.73. The Bertz CT molecular complexity index is 725. The normalized spacial score (nSPS) is 13.3. The molecule has 0 saturated heterocycles. The molecule has 0 saturated carbocycles. The van der Waals surface area contributed by atoms with Gasteiger partial charge < -0.3 is 15.4 Å². The molecule has 7 heteroatoms. The molecular weight excluding hydrogens is 352 g/mol. The van der Waals surface area contributed by atoms with Crippen LogP contribution in [0.3, 0.4) is 0 Å². The molecule has 0 unspecified atom stereocenters. The largest absolute Gasteiger partial charge is 0.759 e. The summed E-state index contributed by atoms with van der Waals surface area (Å²) in [5.74, 6) is -2.79. The summed E-state index contributed by atoms with van der Waals surface area (Å²) in [6.45, 7) is 0. The van der Waals surface area contributed by atoms with Gasteiger partial charge in [-0.05, 0) is 35.7 Å². The number of carbonyl (C=O) groups is 1. The summed E-state index contributed by atoms with van der Waals surface area (Å²) in [5, 5.41) is 11.1. The first-order valence-electron chi connectivity index (χ1n) is 7.57. The highest BCUT2D eigenvalue weighted by Gasteiger charge is 2.28. The topological polar surface area (TPSA) is 61.4 Å². The maximum atomic E-state index is 14.3. The minimum absolute atomic E-state index is 0.210. The van der Waals surface area contributed by atoms with Gasteiger partial charge in [-0.2, -0.15) is 0 Å². The SMILES string of the molecule is CO[C@H](CC(=O)N[O-])[C@H](Cc1ccc(Cl)cc1)c1ccc(F)cc1F. The molecule has 0 aliphatic rings. The average Bonchev–Trinajstić information content (AvgIpc) is 2.60. The molecular formula is C18H17ClF2NO3-. The molecule has 2 aromatic rings. The van der Waals surface area contributed by atoms with Crippen molar-refractivity contribution in [2.75, 3.05) is 7.11 Å². The molecule has 0 aliphatic heterocycles. The zero-order valence-electron chi connectivity index (χ0n) is 13.5. The van der Waals surface area contributed by atoms with Crippen LogP contribution < -0.4 is 5.48 Å². The first-order chi connectivity index (χ1) is 11.9. The van der Waals surface area contributed by atoms with Gasteiger partial charge in [-0.15, -0.1) is 0 Å². The zero-order valence-corrected chi connectivity index (χ0v) is 14.2. The number of hydroxylamine groups is 1. The lowest BCUT2D eigenvalue weighted by Crippen LogP contribution is -2.30. The van der Waals surface area contributed by atoms with Crippen LogP contribution in [-0.2, 0) is 16.0 Å². The summed E-state index contributed by atoms with van der Waals surface area (Å²) in [6, 6.07) is 10.2. The van der Waals surface area contributed by atoms with E-state index in [1.54, 1.807) is 24.3 Å². The van der Waals surface area contributed by atoms with Crippen molar-refractivity contribution in [1.29, 1.82) is 0 Å². The fourth-order valence-corrected chi connectivity index (χ4v) is 2.86. The first kappa shape index (κ1) is 19.3. The highest BCUT2D eigenvalue weighted by atomic mass is 35.5. The van der Waals surface area contributed by atoms with Gasteiger partial charge in [0, 0.05) is 24.1 Å². The number of hydrogen-bond acceptors (Lipinski definition) is 3. The van der Waals surface area contributed by atoms with Crippen molar-refractivity contribution in [2.45, 2.75) is 24.9 Å². The van der Waals surface area contributed by atoms with Crippen molar-refractivity contribution in [3.8, 4) is 0 Å². The van der Waals surface area contributed by atoms with Gasteiger partial charge in [0.1, 0.15) is 11.6 Å². The Kier molecular flexibility index (Phi) is 6.87. The van der Waals surface area contributed by atoms with Crippen molar-refractivity contribution in [1.82, 2.24) is 5.48 Å². The van der Waals surface area contributed by atoms with Gasteiger partial charge in [-0.1, -0.05) is 29.8 Å². The summed E-state index contributed by atoms with van der Waals surface area (Å²) < 4.78 is 32.9. The molecule has 0 bridgehead atoms. The summed E-state index contributed by atoms with van der Waals surface area (Å²) in [5.41, 5.74) is 2.34. The smallest absolute Gasteiger partial charge is 0.212 e. The number of hydrogen-bond donors (Lipinski definition) is 1. The van der Waals surface area contributed by atoms with Crippen LogP contribution in [0.5, 0.6) is 0 Å². The van der Waals surface area contributed by atoms with E-state index in [2.05, 4.69) is 0 Å². The van der Waals surface area contributed by atoms with Crippen LogP contribution in [0.1, 0.15) is 23.5 Å². The van der Waals surface area contributed by atoms with Crippen LogP contribution in [0.15, 0.2) is 42.5 Å². The van der Waals surface area contributed by atoms with E-state index >= 15 is 0 Å². The van der Waals surface area contributed by atoms with Crippen molar-refractivity contribution < 1.29 is 18.3 Å². The predicted molar refractivity (Wildman–Crippen MR) is 91.2 cm³/mol. The van der Waals surface area contributed by atoms with Crippen LogP contribution in [0.2, 0.25) is 5.02 Å². The van der Waals surface area contributed by atoms with E-state index in [4.69, 9.17) is 16.3 Å². The van der Waals surface area contributed by atoms with E-state index in [1.807, 2.05) is 0 Å². The van der Waals surface area contributed by atoms with Crippen molar-refractivity contribution >= 4 is 17.5 Å². The average molecular weight is 369 g/mol. The minimum Gasteiger partial charge on any atom is -0.759 e. The highest BCUT2D eigenvalue weighted by Crippen LogP contribution is 2.31. The molecule has 25 heavy (non-hydrogen) atoms. The summed E-state index contributed by atoms with van der Waals surface area (Å²) in [7, 11) is 1.37. The summed E-state index contributed by atoms with van der Waals surface area (Å²) in [4.78, 5) is 11.5. The Hall–Kier alpha value is -2.02. The lowest BCUT2D eigenvalue weighted by atomic mass is 9.85. The number of amides is 1. The van der Waals surface area contributed by atoms with Crippen LogP contribution >= 0.6 is 11.6 Å². The number of methoxy groups -OCH3 is 1. The Labute approximate surface area is 149 Å². The molecule has 0 fully saturated rings. The van der Waals surface area contributed by atoms with E-state index in [9.17, 15) is 18.8 Å². The van der Waals surface area contributed by atoms with Crippen LogP contribution in [-0.4, -0.2) is 19.1 Å². The number of ether oxygens (including phenoxy) is 1. The second-order valence-electron chi connectivity index (χ2n) is 5.61. The molecule has 2 aromatic carbocycles. The van der Waals surface area contributed by atoms with E-state index in [0.29, 0.717) is 11.4 Å². The Morgan fingerprint density at radius 2 is 1.92 bits per heavy atom. The fraction of sp³-hybridized carbons (Fsp3) is 0.278. The Morgan fingerprint density at radius 3 is 2.48 bits per heavy atom. The molecule has 0 heterocycles. The number of carbonyl (C=O) groups excluding carboxylic acids is 1. The van der Waals surface area contributed by atoms with Crippen LogP contribution in [0.25, 0.3) is 0 Å². The number of nitrogens with one attached hydrogen (secondary N) is 1. The number of rotatable bonds is 7. The lowest BCUT2D eigenvalue weighted by Gasteiger charge is -2.27. The number of benzene rings is 2. The van der Waals surface area contributed by atoms with E-state index in [1.165, 1.54) is 18.7 Å². The maximum Gasteiger partial charge on any atom is 0.212 e. The lowest BCUT2D eigenvalue weighted by molar-refractivity contribution is -0.123. The van der Waals surface area contributed by atoms with Crippen molar-refractivity contribution in [2.24, 2.45) is 0 Å². The van der Waals surface area contributed by atoms with Gasteiger partial charge in [-0.25, -0.2) is 8.78 Å². The zero-order chi connectivity index (χ0) is 18.4. The predicted octanol–water partition coefficient (Wildman–Crippen LogP) is 3.96. The summed E-state index contributed by atoms with van der Waals surface area (Å²) in [6.07, 6.45) is -0.677. The molecule has 1 N–H and O–H groups in total. The molecule has 2 atom stereocenters. The van der Waals surface area contributed by atoms with Gasteiger partial charge in [-0.3, -0.25) is 4.79 Å². The van der Waals surface area contributed by atoms with Gasteiger partial charge in [0.05, 0.1) is 12.5 Å². The number of halogens is 3. The second kappa shape index (κ2) is 8.89. The molecule has 0 radical (unpaired) electrons. The minimum atomic E-state index is -0.768. The first-order valence-corrected chi connectivity index (χ1v) is 7.95. The second-order valence-corrected chi connectivity index (χ2v) is 6.04. The Balaban J connectivity index is 2.38. The third-order valence-electron chi connectivity index (χ3n) is 3.98. The molecule has 1 amide bonds. The monoisotopic (exact) mass is 368 g/mol. The van der Waals surface area contributed by atoms with Gasteiger partial charge in [0.25, 0.3) is 0 Å². The molecule has 0 spiro atoms. The van der Waals surface area contributed by atoms with Gasteiger partial charge in [0.15, 0.2) is 0 Å². The van der Waals surface area contributed by atoms with E-state index in [0.717, 1.165) is 17.7 Å². The third-order valence-corrected chi connectivity index (χ3v) is 4.23. The standard InChI is InChI=1S/C18H17ClF2NO3/c1-25-17(10-18(23)22-24)15(8-11-2-4-12(19)5-3-11)14-7-6-13(20)9-16(14)21/h2-7,9,15,17H,8,10H2,1H3,(H-,22,23,24)/q-1/t15-,17-/m1/s1. The maximum absolute atomic E-state index is 14.3. The van der Waals surface area contributed by atoms with E-state index < -0.39 is 29.6 Å². The van der Waals surface area contributed by atoms with Crippen molar-refractivity contribution in [3.63, 3.8) is 0 Å². The third kappa shape index (κ3) is 5.22. The van der Waals surface area contributed by atoms with Gasteiger partial charge >= 0.3 is 0 Å². The highest BCUT2D eigenvalue weighted by molar-refractivity contribution is 6.30. The van der Waals surface area contributed by atoms with Gasteiger partial charge in [0.2, 0.25) is 5.91 Å². The molecule has 4 nitrogen and oxygen atoms in total.